The average Bonchev–Trinajstić information content (AvgIpc) is 2.26. The first-order valence-corrected chi connectivity index (χ1v) is 5.46. The third kappa shape index (κ3) is 2.94. The van der Waals surface area contributed by atoms with Crippen LogP contribution in [0.1, 0.15) is 6.92 Å². The van der Waals surface area contributed by atoms with Gasteiger partial charge in [0.25, 0.3) is 5.91 Å². The first-order chi connectivity index (χ1) is 8.16. The zero-order valence-corrected chi connectivity index (χ0v) is 9.48. The fourth-order valence-corrected chi connectivity index (χ4v) is 1.42. The molecule has 0 saturated carbocycles. The minimum absolute atomic E-state index is 0.0502. The van der Waals surface area contributed by atoms with Crippen molar-refractivity contribution in [3.8, 4) is 5.75 Å². The second-order valence-electron chi connectivity index (χ2n) is 3.93. The minimum Gasteiger partial charge on any atom is -0.478 e. The summed E-state index contributed by atoms with van der Waals surface area (Å²) in [6, 6.07) is 6.06. The lowest BCUT2D eigenvalue weighted by atomic mass is 10.2. The molecule has 1 heterocycles. The maximum Gasteiger partial charge on any atom is 0.261 e. The Morgan fingerprint density at radius 2 is 2.24 bits per heavy atom. The molecule has 1 aliphatic rings. The number of rotatable bonds is 4. The van der Waals surface area contributed by atoms with Crippen molar-refractivity contribution in [1.82, 2.24) is 5.32 Å². The van der Waals surface area contributed by atoms with Crippen LogP contribution in [0.15, 0.2) is 24.3 Å². The summed E-state index contributed by atoms with van der Waals surface area (Å²) in [4.78, 5) is 11.6. The first-order valence-electron chi connectivity index (χ1n) is 5.46. The average molecular weight is 239 g/mol. The summed E-state index contributed by atoms with van der Waals surface area (Å²) in [5.41, 5.74) is 0. The van der Waals surface area contributed by atoms with Crippen LogP contribution in [0, 0.1) is 5.82 Å². The van der Waals surface area contributed by atoms with E-state index in [2.05, 4.69) is 5.32 Å². The van der Waals surface area contributed by atoms with E-state index < -0.39 is 11.9 Å². The maximum absolute atomic E-state index is 13.3. The maximum atomic E-state index is 13.3. The Morgan fingerprint density at radius 3 is 2.82 bits per heavy atom. The molecule has 92 valence electrons. The standard InChI is InChI=1S/C12H14FNO3/c1-8(12(15)14-9-6-16-7-9)17-11-5-3-2-4-10(11)13/h2-5,8-9H,6-7H2,1H3,(H,14,15). The largest absolute Gasteiger partial charge is 0.478 e. The predicted molar refractivity (Wildman–Crippen MR) is 59.2 cm³/mol. The topological polar surface area (TPSA) is 47.6 Å². The Morgan fingerprint density at radius 1 is 1.53 bits per heavy atom. The van der Waals surface area contributed by atoms with Crippen molar-refractivity contribution in [2.75, 3.05) is 13.2 Å². The van der Waals surface area contributed by atoms with Gasteiger partial charge in [0.2, 0.25) is 0 Å². The van der Waals surface area contributed by atoms with E-state index in [1.54, 1.807) is 19.1 Å². The molecule has 5 heteroatoms. The van der Waals surface area contributed by atoms with Crippen LogP contribution in [0.4, 0.5) is 4.39 Å². The number of halogens is 1. The van der Waals surface area contributed by atoms with E-state index in [0.29, 0.717) is 13.2 Å². The smallest absolute Gasteiger partial charge is 0.261 e. The molecule has 0 aromatic heterocycles. The van der Waals surface area contributed by atoms with E-state index in [-0.39, 0.29) is 17.7 Å². The van der Waals surface area contributed by atoms with Gasteiger partial charge in [-0.1, -0.05) is 12.1 Å². The van der Waals surface area contributed by atoms with Crippen LogP contribution in [0.5, 0.6) is 5.75 Å². The van der Waals surface area contributed by atoms with Gasteiger partial charge in [-0.3, -0.25) is 4.79 Å². The highest BCUT2D eigenvalue weighted by Gasteiger charge is 2.24. The Bertz CT molecular complexity index is 406. The highest BCUT2D eigenvalue weighted by Crippen LogP contribution is 2.17. The van der Waals surface area contributed by atoms with Crippen LogP contribution in [0.25, 0.3) is 0 Å². The summed E-state index contributed by atoms with van der Waals surface area (Å²) in [6.07, 6.45) is -0.729. The number of carbonyl (C=O) groups excluding carboxylic acids is 1. The molecule has 2 rings (SSSR count). The van der Waals surface area contributed by atoms with E-state index in [9.17, 15) is 9.18 Å². The number of hydrogen-bond donors (Lipinski definition) is 1. The van der Waals surface area contributed by atoms with Gasteiger partial charge in [0.15, 0.2) is 17.7 Å². The molecule has 0 radical (unpaired) electrons. The number of nitrogens with one attached hydrogen (secondary N) is 1. The van der Waals surface area contributed by atoms with E-state index in [1.807, 2.05) is 0 Å². The molecule has 1 aromatic carbocycles. The number of para-hydroxylation sites is 1. The molecule has 17 heavy (non-hydrogen) atoms. The van der Waals surface area contributed by atoms with Gasteiger partial charge in [-0.25, -0.2) is 4.39 Å². The quantitative estimate of drug-likeness (QED) is 0.856. The zero-order chi connectivity index (χ0) is 12.3. The summed E-state index contributed by atoms with van der Waals surface area (Å²) >= 11 is 0. The van der Waals surface area contributed by atoms with Crippen LogP contribution < -0.4 is 10.1 Å². The highest BCUT2D eigenvalue weighted by atomic mass is 19.1. The normalized spacial score (nSPS) is 17.1. The number of hydrogen-bond acceptors (Lipinski definition) is 3. The van der Waals surface area contributed by atoms with Gasteiger partial charge in [0.05, 0.1) is 19.3 Å². The fraction of sp³-hybridized carbons (Fsp3) is 0.417. The van der Waals surface area contributed by atoms with E-state index in [4.69, 9.17) is 9.47 Å². The summed E-state index contributed by atoms with van der Waals surface area (Å²) in [5.74, 6) is -0.652. The Balaban J connectivity index is 1.89. The third-order valence-corrected chi connectivity index (χ3v) is 2.49. The fourth-order valence-electron chi connectivity index (χ4n) is 1.42. The molecule has 1 aromatic rings. The summed E-state index contributed by atoms with van der Waals surface area (Å²) < 4.78 is 23.5. The van der Waals surface area contributed by atoms with E-state index in [0.717, 1.165) is 0 Å². The number of ether oxygens (including phenoxy) is 2. The Kier molecular flexibility index (Phi) is 3.58. The molecular weight excluding hydrogens is 225 g/mol. The van der Waals surface area contributed by atoms with Gasteiger partial charge in [0, 0.05) is 0 Å². The SMILES string of the molecule is CC(Oc1ccccc1F)C(=O)NC1COC1. The van der Waals surface area contributed by atoms with Crippen molar-refractivity contribution in [3.63, 3.8) is 0 Å². The van der Waals surface area contributed by atoms with Crippen LogP contribution in [-0.2, 0) is 9.53 Å². The lowest BCUT2D eigenvalue weighted by Gasteiger charge is -2.28. The summed E-state index contributed by atoms with van der Waals surface area (Å²) in [7, 11) is 0. The summed E-state index contributed by atoms with van der Waals surface area (Å²) in [5, 5.41) is 2.74. The van der Waals surface area contributed by atoms with Crippen LogP contribution in [0.3, 0.4) is 0 Å². The lowest BCUT2D eigenvalue weighted by Crippen LogP contribution is -2.52. The lowest BCUT2D eigenvalue weighted by molar-refractivity contribution is -0.131. The highest BCUT2D eigenvalue weighted by molar-refractivity contribution is 5.81. The molecule has 0 bridgehead atoms. The number of carbonyl (C=O) groups is 1. The van der Waals surface area contributed by atoms with Crippen molar-refractivity contribution < 1.29 is 18.7 Å². The third-order valence-electron chi connectivity index (χ3n) is 2.49. The molecule has 4 nitrogen and oxygen atoms in total. The molecule has 1 atom stereocenters. The monoisotopic (exact) mass is 239 g/mol. The van der Waals surface area contributed by atoms with Crippen LogP contribution >= 0.6 is 0 Å². The van der Waals surface area contributed by atoms with Gasteiger partial charge in [-0.15, -0.1) is 0 Å². The molecule has 0 spiro atoms. The van der Waals surface area contributed by atoms with Crippen molar-refractivity contribution >= 4 is 5.91 Å². The molecule has 1 unspecified atom stereocenters. The Labute approximate surface area is 98.7 Å². The molecule has 1 saturated heterocycles. The van der Waals surface area contributed by atoms with Gasteiger partial charge < -0.3 is 14.8 Å². The molecule has 1 fully saturated rings. The van der Waals surface area contributed by atoms with Gasteiger partial charge >= 0.3 is 0 Å². The second-order valence-corrected chi connectivity index (χ2v) is 3.93. The van der Waals surface area contributed by atoms with Gasteiger partial charge in [-0.2, -0.15) is 0 Å². The number of amides is 1. The van der Waals surface area contributed by atoms with Crippen molar-refractivity contribution in [2.45, 2.75) is 19.1 Å². The van der Waals surface area contributed by atoms with E-state index in [1.165, 1.54) is 12.1 Å². The predicted octanol–water partition coefficient (Wildman–Crippen LogP) is 1.11. The van der Waals surface area contributed by atoms with Crippen molar-refractivity contribution in [2.24, 2.45) is 0 Å². The van der Waals surface area contributed by atoms with Crippen molar-refractivity contribution in [3.05, 3.63) is 30.1 Å². The van der Waals surface area contributed by atoms with Gasteiger partial charge in [-0.05, 0) is 19.1 Å². The first kappa shape index (κ1) is 11.9. The zero-order valence-electron chi connectivity index (χ0n) is 9.48. The van der Waals surface area contributed by atoms with Crippen LogP contribution in [0.2, 0.25) is 0 Å². The summed E-state index contributed by atoms with van der Waals surface area (Å²) in [6.45, 7) is 2.64. The van der Waals surface area contributed by atoms with E-state index >= 15 is 0 Å². The van der Waals surface area contributed by atoms with Crippen LogP contribution in [-0.4, -0.2) is 31.3 Å². The Hall–Kier alpha value is -1.62. The van der Waals surface area contributed by atoms with Gasteiger partial charge in [0.1, 0.15) is 0 Å². The van der Waals surface area contributed by atoms with Crippen molar-refractivity contribution in [1.29, 1.82) is 0 Å². The second kappa shape index (κ2) is 5.14. The molecular formula is C12H14FNO3. The minimum atomic E-state index is -0.729. The molecule has 1 aliphatic heterocycles. The molecule has 0 aliphatic carbocycles. The molecule has 1 N–H and O–H groups in total. The number of benzene rings is 1. The molecule has 1 amide bonds.